The summed E-state index contributed by atoms with van der Waals surface area (Å²) in [4.78, 5) is 1.32. The van der Waals surface area contributed by atoms with Gasteiger partial charge in [0.15, 0.2) is 7.28 Å². The predicted octanol–water partition coefficient (Wildman–Crippen LogP) is 18.8. The molecule has 0 fully saturated rings. The van der Waals surface area contributed by atoms with Crippen molar-refractivity contribution in [2.75, 3.05) is 5.32 Å². The van der Waals surface area contributed by atoms with Gasteiger partial charge < -0.3 is 9.88 Å². The lowest BCUT2D eigenvalue weighted by Gasteiger charge is -2.41. The van der Waals surface area contributed by atoms with E-state index < -0.39 is 0 Å². The molecule has 15 rings (SSSR count). The first-order valence-corrected chi connectivity index (χ1v) is 28.8. The van der Waals surface area contributed by atoms with Crippen molar-refractivity contribution < 1.29 is 0 Å². The Morgan fingerprint density at radius 1 is 0.500 bits per heavy atom. The van der Waals surface area contributed by atoms with Gasteiger partial charge in [0.25, 0.3) is 0 Å². The summed E-state index contributed by atoms with van der Waals surface area (Å²) in [6, 6.07) is 65.3. The van der Waals surface area contributed by atoms with Gasteiger partial charge in [-0.25, -0.2) is 0 Å². The lowest BCUT2D eigenvalue weighted by atomic mass is 9.59. The minimum Gasteiger partial charge on any atom is -0.355 e. The number of benzene rings is 9. The van der Waals surface area contributed by atoms with E-state index in [1.807, 2.05) is 34.0 Å². The molecule has 0 saturated heterocycles. The first-order chi connectivity index (χ1) is 35.8. The monoisotopic (exact) mass is 1010 g/mol. The van der Waals surface area contributed by atoms with E-state index in [1.54, 1.807) is 0 Å². The number of hydrogen-bond acceptors (Lipinski definition) is 4. The zero-order valence-electron chi connectivity index (χ0n) is 43.0. The highest BCUT2D eigenvalue weighted by atomic mass is 32.1. The zero-order chi connectivity index (χ0) is 50.0. The summed E-state index contributed by atoms with van der Waals surface area (Å²) in [5.74, 6) is 0. The van der Waals surface area contributed by atoms with E-state index in [2.05, 4.69) is 228 Å². The highest BCUT2D eigenvalue weighted by Gasteiger charge is 2.38. The summed E-state index contributed by atoms with van der Waals surface area (Å²) in [7, 11) is 0.823. The SMILES string of the molecule is CC(C)(C)c1ccc(Nc2cc3sc4cc5c(cc4c3cc2-c2ccc3c4cc6c(cc4n4c3c2Bc2cc3sc(-c7ccccc7)c(-c7ccccc7)c3cc2-4)sc2ccccc26)C(C)(C)CCC5(C)C)cc1. The fourth-order valence-corrected chi connectivity index (χ4v) is 16.4. The molecule has 74 heavy (non-hydrogen) atoms. The van der Waals surface area contributed by atoms with Crippen molar-refractivity contribution in [3.05, 3.63) is 187 Å². The molecule has 0 radical (unpaired) electrons. The maximum Gasteiger partial charge on any atom is 0.198 e. The first kappa shape index (κ1) is 44.5. The minimum absolute atomic E-state index is 0.0674. The average Bonchev–Trinajstić information content (AvgIpc) is 4.15. The molecule has 6 heteroatoms. The van der Waals surface area contributed by atoms with Crippen LogP contribution in [0, 0.1) is 0 Å². The van der Waals surface area contributed by atoms with Crippen LogP contribution in [-0.2, 0) is 16.2 Å². The first-order valence-electron chi connectivity index (χ1n) is 26.3. The Morgan fingerprint density at radius 2 is 1.14 bits per heavy atom. The molecule has 9 aromatic carbocycles. The van der Waals surface area contributed by atoms with Gasteiger partial charge in [-0.15, -0.1) is 34.0 Å². The van der Waals surface area contributed by atoms with Crippen molar-refractivity contribution >= 4 is 136 Å². The van der Waals surface area contributed by atoms with Crippen LogP contribution in [0.5, 0.6) is 0 Å². The Labute approximate surface area is 445 Å². The van der Waals surface area contributed by atoms with Gasteiger partial charge in [-0.2, -0.15) is 0 Å². The third kappa shape index (κ3) is 6.67. The summed E-state index contributed by atoms with van der Waals surface area (Å²) >= 11 is 5.79. The molecule has 0 spiro atoms. The molecular formula is C68H55BN2S3. The van der Waals surface area contributed by atoms with Crippen LogP contribution in [0.1, 0.15) is 78.0 Å². The van der Waals surface area contributed by atoms with Crippen LogP contribution >= 0.6 is 34.0 Å². The van der Waals surface area contributed by atoms with E-state index in [1.165, 1.54) is 151 Å². The van der Waals surface area contributed by atoms with Gasteiger partial charge in [0.2, 0.25) is 0 Å². The normalized spacial score (nSPS) is 14.9. The van der Waals surface area contributed by atoms with Gasteiger partial charge in [0.1, 0.15) is 0 Å². The number of nitrogens with one attached hydrogen (secondary N) is 1. The molecule has 1 N–H and O–H groups in total. The molecule has 0 atom stereocenters. The second kappa shape index (κ2) is 15.8. The molecule has 13 aromatic rings. The molecule has 0 bridgehead atoms. The second-order valence-electron chi connectivity index (χ2n) is 23.6. The molecule has 2 aliphatic rings. The van der Waals surface area contributed by atoms with E-state index in [0.29, 0.717) is 0 Å². The smallest absolute Gasteiger partial charge is 0.198 e. The predicted molar refractivity (Wildman–Crippen MR) is 328 cm³/mol. The Hall–Kier alpha value is -6.96. The maximum atomic E-state index is 4.05. The molecule has 0 saturated carbocycles. The summed E-state index contributed by atoms with van der Waals surface area (Å²) < 4.78 is 9.34. The third-order valence-corrected chi connectivity index (χ3v) is 20.5. The number of nitrogens with zero attached hydrogens (tertiary/aromatic N) is 1. The van der Waals surface area contributed by atoms with Crippen LogP contribution in [0.2, 0.25) is 0 Å². The van der Waals surface area contributed by atoms with Gasteiger partial charge in [-0.3, -0.25) is 0 Å². The molecule has 1 aliphatic heterocycles. The largest absolute Gasteiger partial charge is 0.355 e. The maximum absolute atomic E-state index is 4.05. The summed E-state index contributed by atoms with van der Waals surface area (Å²) in [6.45, 7) is 16.7. The summed E-state index contributed by atoms with van der Waals surface area (Å²) in [5, 5.41) is 13.4. The molecule has 0 unspecified atom stereocenters. The minimum atomic E-state index is 0.0674. The molecular weight excluding hydrogens is 952 g/mol. The average molecular weight is 1010 g/mol. The fraction of sp³-hybridized carbons (Fsp3) is 0.176. The highest BCUT2D eigenvalue weighted by Crippen LogP contribution is 2.52. The summed E-state index contributed by atoms with van der Waals surface area (Å²) in [5.41, 5.74) is 19.9. The highest BCUT2D eigenvalue weighted by molar-refractivity contribution is 7.26. The number of anilines is 2. The standard InChI is InChI=1S/C68H55BN2S3/c1-66(2,3)40-22-24-41(25-23-40)70-54-36-60-48(49-32-51-52(34-58(49)73-60)68(6,7)29-28-67(51,4)5)30-45(54)43-26-27-44-46-31-47-42-20-14-15-21-57(42)72-61(47)37-55(46)71-56-33-50-59(35-53(56)69-63(43)64(44)71)74-65(39-18-12-9-13-19-39)62(50)38-16-10-8-11-17-38/h8-27,30-37,69-70H,28-29H2,1-7H3. The van der Waals surface area contributed by atoms with Crippen molar-refractivity contribution in [3.8, 4) is 38.4 Å². The van der Waals surface area contributed by atoms with Crippen molar-refractivity contribution in [3.63, 3.8) is 0 Å². The van der Waals surface area contributed by atoms with Gasteiger partial charge in [-0.1, -0.05) is 157 Å². The topological polar surface area (TPSA) is 17.0 Å². The summed E-state index contributed by atoms with van der Waals surface area (Å²) in [6.07, 6.45) is 2.40. The second-order valence-corrected chi connectivity index (χ2v) is 26.8. The molecule has 1 aliphatic carbocycles. The number of fused-ring (bicyclic) bond motifs is 13. The number of hydrogen-bond donors (Lipinski definition) is 1. The Kier molecular flexibility index (Phi) is 9.50. The van der Waals surface area contributed by atoms with E-state index >= 15 is 0 Å². The number of rotatable bonds is 5. The van der Waals surface area contributed by atoms with E-state index in [9.17, 15) is 0 Å². The third-order valence-electron chi connectivity index (χ3n) is 17.0. The number of aromatic nitrogens is 1. The van der Waals surface area contributed by atoms with E-state index in [-0.39, 0.29) is 16.2 Å². The van der Waals surface area contributed by atoms with Crippen molar-refractivity contribution in [2.24, 2.45) is 0 Å². The Bertz CT molecular complexity index is 4500. The van der Waals surface area contributed by atoms with Crippen LogP contribution < -0.4 is 16.2 Å². The lowest BCUT2D eigenvalue weighted by molar-refractivity contribution is 0.332. The van der Waals surface area contributed by atoms with Crippen molar-refractivity contribution in [1.82, 2.24) is 4.57 Å². The lowest BCUT2D eigenvalue weighted by Crippen LogP contribution is -2.37. The van der Waals surface area contributed by atoms with E-state index in [0.717, 1.165) is 18.7 Å². The van der Waals surface area contributed by atoms with Gasteiger partial charge in [-0.05, 0) is 135 Å². The van der Waals surface area contributed by atoms with Crippen LogP contribution in [-0.4, -0.2) is 11.8 Å². The zero-order valence-corrected chi connectivity index (χ0v) is 45.4. The van der Waals surface area contributed by atoms with Gasteiger partial charge >= 0.3 is 0 Å². The van der Waals surface area contributed by atoms with Gasteiger partial charge in [0.05, 0.1) is 5.52 Å². The van der Waals surface area contributed by atoms with Gasteiger partial charge in [0, 0.05) is 99.8 Å². The van der Waals surface area contributed by atoms with Crippen molar-refractivity contribution in [1.29, 1.82) is 0 Å². The Morgan fingerprint density at radius 3 is 1.89 bits per heavy atom. The molecule has 4 aromatic heterocycles. The quantitative estimate of drug-likeness (QED) is 0.170. The Balaban J connectivity index is 1.02. The van der Waals surface area contributed by atoms with Crippen LogP contribution in [0.15, 0.2) is 170 Å². The van der Waals surface area contributed by atoms with Crippen LogP contribution in [0.25, 0.3) is 111 Å². The van der Waals surface area contributed by atoms with Crippen LogP contribution in [0.4, 0.5) is 11.4 Å². The molecule has 5 heterocycles. The van der Waals surface area contributed by atoms with Crippen LogP contribution in [0.3, 0.4) is 0 Å². The molecule has 358 valence electrons. The van der Waals surface area contributed by atoms with E-state index in [4.69, 9.17) is 0 Å². The van der Waals surface area contributed by atoms with Crippen molar-refractivity contribution in [2.45, 2.75) is 77.6 Å². The molecule has 0 amide bonds. The number of thiophene rings is 3. The fourth-order valence-electron chi connectivity index (χ4n) is 12.9. The molecule has 2 nitrogen and oxygen atoms in total.